The summed E-state index contributed by atoms with van der Waals surface area (Å²) in [4.78, 5) is 18.4. The number of carbonyl (C=O) groups is 1. The van der Waals surface area contributed by atoms with E-state index in [1.54, 1.807) is 18.7 Å². The smallest absolute Gasteiger partial charge is 0.178 e. The zero-order valence-corrected chi connectivity index (χ0v) is 13.4. The van der Waals surface area contributed by atoms with Crippen molar-refractivity contribution in [1.82, 2.24) is 4.98 Å². The van der Waals surface area contributed by atoms with Crippen molar-refractivity contribution in [3.05, 3.63) is 52.3 Å². The second-order valence-corrected chi connectivity index (χ2v) is 6.80. The van der Waals surface area contributed by atoms with Crippen LogP contribution in [0, 0.1) is 0 Å². The van der Waals surface area contributed by atoms with Gasteiger partial charge in [-0.15, -0.1) is 0 Å². The van der Waals surface area contributed by atoms with Gasteiger partial charge in [-0.3, -0.25) is 9.78 Å². The number of hydrogen-bond donors (Lipinski definition) is 0. The van der Waals surface area contributed by atoms with Gasteiger partial charge in [-0.1, -0.05) is 29.4 Å². The highest BCUT2D eigenvalue weighted by Crippen LogP contribution is 2.36. The number of hydrogen-bond acceptors (Lipinski definition) is 3. The first-order chi connectivity index (χ1) is 10.1. The predicted molar refractivity (Wildman–Crippen MR) is 86.5 cm³/mol. The first-order valence-corrected chi connectivity index (χ1v) is 8.29. The summed E-state index contributed by atoms with van der Waals surface area (Å²) in [6, 6.07) is 7.83. The summed E-state index contributed by atoms with van der Waals surface area (Å²) in [6.07, 6.45) is 6.15. The number of nitrogens with zero attached hydrogens (tertiary/aromatic N) is 1. The minimum Gasteiger partial charge on any atom is -0.293 e. The first-order valence-electron chi connectivity index (χ1n) is 7.10. The standard InChI is InChI=1S/C17H16ClNOS/c1-11(20)17-15-8-3-2-7-14(15)16(10-19-17)21-13-6-4-5-12(18)9-13/h4-6,9-10H,2-3,7-8H2,1H3. The van der Waals surface area contributed by atoms with E-state index in [0.29, 0.717) is 5.69 Å². The van der Waals surface area contributed by atoms with Gasteiger partial charge >= 0.3 is 0 Å². The lowest BCUT2D eigenvalue weighted by Crippen LogP contribution is -2.12. The number of carbonyl (C=O) groups excluding carboxylic acids is 1. The third-order valence-electron chi connectivity index (χ3n) is 3.72. The summed E-state index contributed by atoms with van der Waals surface area (Å²) < 4.78 is 0. The molecule has 0 N–H and O–H groups in total. The van der Waals surface area contributed by atoms with Crippen molar-refractivity contribution in [2.24, 2.45) is 0 Å². The molecule has 0 radical (unpaired) electrons. The van der Waals surface area contributed by atoms with Gasteiger partial charge in [0.25, 0.3) is 0 Å². The molecule has 0 spiro atoms. The van der Waals surface area contributed by atoms with Crippen LogP contribution in [0.5, 0.6) is 0 Å². The number of Topliss-reactive ketones (excluding diaryl/α,β-unsaturated/α-hetero) is 1. The Morgan fingerprint density at radius 3 is 2.71 bits per heavy atom. The van der Waals surface area contributed by atoms with Crippen molar-refractivity contribution in [3.63, 3.8) is 0 Å². The van der Waals surface area contributed by atoms with Crippen molar-refractivity contribution in [2.75, 3.05) is 0 Å². The van der Waals surface area contributed by atoms with E-state index in [1.807, 2.05) is 30.5 Å². The van der Waals surface area contributed by atoms with E-state index in [1.165, 1.54) is 12.0 Å². The number of pyridine rings is 1. The minimum atomic E-state index is 0.0625. The lowest BCUT2D eigenvalue weighted by molar-refractivity contribution is 0.101. The van der Waals surface area contributed by atoms with Crippen LogP contribution in [-0.4, -0.2) is 10.8 Å². The van der Waals surface area contributed by atoms with Gasteiger partial charge in [0, 0.05) is 27.9 Å². The normalized spacial score (nSPS) is 13.8. The SMILES string of the molecule is CC(=O)c1ncc(Sc2cccc(Cl)c2)c2c1CCCC2. The van der Waals surface area contributed by atoms with E-state index >= 15 is 0 Å². The van der Waals surface area contributed by atoms with Crippen LogP contribution in [0.25, 0.3) is 0 Å². The molecule has 108 valence electrons. The molecule has 0 amide bonds. The third kappa shape index (κ3) is 3.14. The van der Waals surface area contributed by atoms with Crippen LogP contribution in [0.1, 0.15) is 41.4 Å². The van der Waals surface area contributed by atoms with E-state index in [0.717, 1.165) is 39.6 Å². The molecular formula is C17H16ClNOS. The summed E-state index contributed by atoms with van der Waals surface area (Å²) >= 11 is 7.73. The average Bonchev–Trinajstić information content (AvgIpc) is 2.47. The number of fused-ring (bicyclic) bond motifs is 1. The van der Waals surface area contributed by atoms with Gasteiger partial charge in [0.05, 0.1) is 0 Å². The van der Waals surface area contributed by atoms with Crippen molar-refractivity contribution in [1.29, 1.82) is 0 Å². The fraction of sp³-hybridized carbons (Fsp3) is 0.294. The number of ketones is 1. The molecule has 0 atom stereocenters. The molecule has 1 aromatic heterocycles. The molecule has 0 aliphatic heterocycles. The van der Waals surface area contributed by atoms with Crippen LogP contribution in [0.4, 0.5) is 0 Å². The third-order valence-corrected chi connectivity index (χ3v) is 5.02. The van der Waals surface area contributed by atoms with Crippen LogP contribution in [0.2, 0.25) is 5.02 Å². The first kappa shape index (κ1) is 14.6. The zero-order chi connectivity index (χ0) is 14.8. The van der Waals surface area contributed by atoms with Gasteiger partial charge in [-0.25, -0.2) is 0 Å². The molecule has 2 nitrogen and oxygen atoms in total. The Bertz CT molecular complexity index is 699. The van der Waals surface area contributed by atoms with E-state index in [4.69, 9.17) is 11.6 Å². The maximum absolute atomic E-state index is 11.7. The molecule has 2 aromatic rings. The van der Waals surface area contributed by atoms with Gasteiger partial charge in [-0.2, -0.15) is 0 Å². The fourth-order valence-corrected chi connectivity index (χ4v) is 4.06. The maximum Gasteiger partial charge on any atom is 0.178 e. The van der Waals surface area contributed by atoms with Gasteiger partial charge in [0.2, 0.25) is 0 Å². The van der Waals surface area contributed by atoms with Crippen LogP contribution in [-0.2, 0) is 12.8 Å². The molecule has 1 aliphatic carbocycles. The summed E-state index contributed by atoms with van der Waals surface area (Å²) in [7, 11) is 0. The highest BCUT2D eigenvalue weighted by molar-refractivity contribution is 7.99. The molecule has 21 heavy (non-hydrogen) atoms. The van der Waals surface area contributed by atoms with Crippen LogP contribution in [0.15, 0.2) is 40.3 Å². The molecule has 0 fully saturated rings. The van der Waals surface area contributed by atoms with Crippen molar-refractivity contribution >= 4 is 29.1 Å². The summed E-state index contributed by atoms with van der Waals surface area (Å²) in [6.45, 7) is 1.60. The topological polar surface area (TPSA) is 30.0 Å². The number of benzene rings is 1. The van der Waals surface area contributed by atoms with Crippen LogP contribution < -0.4 is 0 Å². The van der Waals surface area contributed by atoms with Gasteiger partial charge in [0.1, 0.15) is 5.69 Å². The maximum atomic E-state index is 11.7. The highest BCUT2D eigenvalue weighted by atomic mass is 35.5. The fourth-order valence-electron chi connectivity index (χ4n) is 2.77. The zero-order valence-electron chi connectivity index (χ0n) is 11.9. The molecular weight excluding hydrogens is 302 g/mol. The Labute approximate surface area is 133 Å². The van der Waals surface area contributed by atoms with E-state index < -0.39 is 0 Å². The lowest BCUT2D eigenvalue weighted by atomic mass is 9.90. The number of rotatable bonds is 3. The Kier molecular flexibility index (Phi) is 4.32. The van der Waals surface area contributed by atoms with E-state index in [-0.39, 0.29) is 5.78 Å². The average molecular weight is 318 g/mol. The number of halogens is 1. The molecule has 3 rings (SSSR count). The van der Waals surface area contributed by atoms with Gasteiger partial charge < -0.3 is 0 Å². The van der Waals surface area contributed by atoms with Crippen molar-refractivity contribution in [3.8, 4) is 0 Å². The number of aromatic nitrogens is 1. The highest BCUT2D eigenvalue weighted by Gasteiger charge is 2.20. The Morgan fingerprint density at radius 1 is 1.24 bits per heavy atom. The van der Waals surface area contributed by atoms with E-state index in [2.05, 4.69) is 4.98 Å². The molecule has 0 saturated carbocycles. The molecule has 1 aliphatic rings. The Hall–Kier alpha value is -1.32. The summed E-state index contributed by atoms with van der Waals surface area (Å²) in [5.74, 6) is 0.0625. The Morgan fingerprint density at radius 2 is 2.00 bits per heavy atom. The van der Waals surface area contributed by atoms with Crippen LogP contribution >= 0.6 is 23.4 Å². The minimum absolute atomic E-state index is 0.0625. The van der Waals surface area contributed by atoms with E-state index in [9.17, 15) is 4.79 Å². The summed E-state index contributed by atoms with van der Waals surface area (Å²) in [5.41, 5.74) is 3.10. The molecule has 0 saturated heterocycles. The predicted octanol–water partition coefficient (Wildman–Crippen LogP) is 4.97. The molecule has 4 heteroatoms. The molecule has 0 unspecified atom stereocenters. The quantitative estimate of drug-likeness (QED) is 0.749. The monoisotopic (exact) mass is 317 g/mol. The van der Waals surface area contributed by atoms with Gasteiger partial charge in [0.15, 0.2) is 5.78 Å². The van der Waals surface area contributed by atoms with Crippen LogP contribution in [0.3, 0.4) is 0 Å². The molecule has 1 heterocycles. The lowest BCUT2D eigenvalue weighted by Gasteiger charge is -2.20. The largest absolute Gasteiger partial charge is 0.293 e. The molecule has 0 bridgehead atoms. The second kappa shape index (κ2) is 6.20. The van der Waals surface area contributed by atoms with Crippen molar-refractivity contribution < 1.29 is 4.79 Å². The summed E-state index contributed by atoms with van der Waals surface area (Å²) in [5, 5.41) is 0.738. The Balaban J connectivity index is 2.01. The molecule has 1 aromatic carbocycles. The second-order valence-electron chi connectivity index (χ2n) is 5.25. The van der Waals surface area contributed by atoms with Gasteiger partial charge in [-0.05, 0) is 55.0 Å². The van der Waals surface area contributed by atoms with Crippen molar-refractivity contribution in [2.45, 2.75) is 42.4 Å².